The smallest absolute Gasteiger partial charge is 0.405 e. The Kier molecular flexibility index (Phi) is 11.3. The van der Waals surface area contributed by atoms with Crippen molar-refractivity contribution in [2.24, 2.45) is 23.7 Å². The van der Waals surface area contributed by atoms with Crippen LogP contribution in [-0.2, 0) is 19.1 Å². The van der Waals surface area contributed by atoms with Crippen molar-refractivity contribution >= 4 is 67.8 Å². The monoisotopic (exact) mass is 890 g/mol. The summed E-state index contributed by atoms with van der Waals surface area (Å²) in [7, 11) is 1.67. The maximum absolute atomic E-state index is 15.5. The van der Waals surface area contributed by atoms with E-state index in [0.717, 1.165) is 74.3 Å². The third-order valence-corrected chi connectivity index (χ3v) is 14.7. The van der Waals surface area contributed by atoms with Crippen molar-refractivity contribution in [1.29, 1.82) is 0 Å². The molecule has 0 bridgehead atoms. The molecule has 6 N–H and O–H groups in total. The number of likely N-dealkylation sites (tertiary alicyclic amines) is 2. The number of amides is 4. The third kappa shape index (κ3) is 7.64. The molecule has 4 amide bonds. The normalized spacial score (nSPS) is 23.7. The van der Waals surface area contributed by atoms with Gasteiger partial charge in [0.15, 0.2) is 0 Å². The van der Waals surface area contributed by atoms with Crippen LogP contribution < -0.4 is 21.3 Å². The van der Waals surface area contributed by atoms with Crippen LogP contribution in [0.15, 0.2) is 97.3 Å². The molecule has 2 saturated heterocycles. The Hall–Kier alpha value is -6.67. The van der Waals surface area contributed by atoms with Gasteiger partial charge in [-0.25, -0.2) is 9.78 Å². The SMILES string of the molecule is COC[C@H]1C[C@@H](C2([C@@H]3C[C@H](C)CN3C(=O)[C@@H](NC(=O)O)C(C)C)Nc3ccc4cc(-c5ccc6c(ccc7nc[nH]c76)c5)ccc4c3N2)N(C(=O)[C@H](NC(=O)C2CCC2)c2ccccc2)C1. The van der Waals surface area contributed by atoms with E-state index in [1.54, 1.807) is 13.4 Å². The van der Waals surface area contributed by atoms with Gasteiger partial charge < -0.3 is 45.9 Å². The number of methoxy groups -OCH3 is 1. The lowest BCUT2D eigenvalue weighted by atomic mass is 9.84. The summed E-state index contributed by atoms with van der Waals surface area (Å²) in [6.07, 6.45) is 4.15. The van der Waals surface area contributed by atoms with Crippen LogP contribution in [0, 0.1) is 23.7 Å². The molecule has 4 heterocycles. The molecule has 342 valence electrons. The summed E-state index contributed by atoms with van der Waals surface area (Å²) in [5, 5.41) is 27.8. The van der Waals surface area contributed by atoms with E-state index >= 15 is 4.79 Å². The Balaban J connectivity index is 1.08. The maximum atomic E-state index is 15.5. The van der Waals surface area contributed by atoms with E-state index in [4.69, 9.17) is 4.74 Å². The minimum Gasteiger partial charge on any atom is -0.465 e. The number of aromatic nitrogens is 2. The maximum Gasteiger partial charge on any atom is 0.405 e. The summed E-state index contributed by atoms with van der Waals surface area (Å²) in [6, 6.07) is 27.7. The number of imidazole rings is 1. The van der Waals surface area contributed by atoms with Crippen LogP contribution in [0.1, 0.15) is 64.5 Å². The second-order valence-corrected chi connectivity index (χ2v) is 19.4. The van der Waals surface area contributed by atoms with E-state index in [1.165, 1.54) is 0 Å². The molecule has 3 aliphatic heterocycles. The van der Waals surface area contributed by atoms with E-state index in [0.29, 0.717) is 38.1 Å². The summed E-state index contributed by atoms with van der Waals surface area (Å²) >= 11 is 0. The highest BCUT2D eigenvalue weighted by Crippen LogP contribution is 2.50. The van der Waals surface area contributed by atoms with Gasteiger partial charge >= 0.3 is 6.09 Å². The highest BCUT2D eigenvalue weighted by atomic mass is 16.5. The molecule has 1 unspecified atom stereocenters. The molecule has 14 nitrogen and oxygen atoms in total. The number of hydrogen-bond acceptors (Lipinski definition) is 8. The quantitative estimate of drug-likeness (QED) is 0.0708. The third-order valence-electron chi connectivity index (χ3n) is 14.7. The van der Waals surface area contributed by atoms with Crippen molar-refractivity contribution < 1.29 is 29.0 Å². The molecule has 1 aromatic heterocycles. The number of aromatic amines is 1. The van der Waals surface area contributed by atoms with Crippen molar-refractivity contribution in [3.05, 3.63) is 103 Å². The van der Waals surface area contributed by atoms with Gasteiger partial charge in [0.2, 0.25) is 17.7 Å². The van der Waals surface area contributed by atoms with Gasteiger partial charge in [-0.15, -0.1) is 0 Å². The molecule has 6 aromatic rings. The summed E-state index contributed by atoms with van der Waals surface area (Å²) in [5.41, 5.74) is 5.32. The first-order valence-corrected chi connectivity index (χ1v) is 23.4. The van der Waals surface area contributed by atoms with Crippen LogP contribution in [0.3, 0.4) is 0 Å². The number of anilines is 2. The summed E-state index contributed by atoms with van der Waals surface area (Å²) in [4.78, 5) is 67.7. The number of benzene rings is 5. The Labute approximate surface area is 383 Å². The van der Waals surface area contributed by atoms with Crippen molar-refractivity contribution in [1.82, 2.24) is 30.4 Å². The fourth-order valence-electron chi connectivity index (χ4n) is 11.2. The molecule has 4 aliphatic rings. The largest absolute Gasteiger partial charge is 0.465 e. The van der Waals surface area contributed by atoms with Crippen molar-refractivity contribution in [2.75, 3.05) is 37.4 Å². The van der Waals surface area contributed by atoms with Crippen LogP contribution in [0.5, 0.6) is 0 Å². The number of fused-ring (bicyclic) bond motifs is 6. The molecule has 14 heteroatoms. The fourth-order valence-corrected chi connectivity index (χ4v) is 11.2. The second kappa shape index (κ2) is 17.3. The molecule has 3 fully saturated rings. The van der Waals surface area contributed by atoms with Gasteiger partial charge in [-0.1, -0.05) is 93.9 Å². The topological polar surface area (TPSA) is 181 Å². The fraction of sp³-hybridized carbons (Fsp3) is 0.404. The summed E-state index contributed by atoms with van der Waals surface area (Å²) in [5.74, 6) is -1.11. The highest BCUT2D eigenvalue weighted by Gasteiger charge is 2.60. The Bertz CT molecular complexity index is 2840. The van der Waals surface area contributed by atoms with Crippen LogP contribution >= 0.6 is 0 Å². The molecule has 66 heavy (non-hydrogen) atoms. The molecular weight excluding hydrogens is 833 g/mol. The van der Waals surface area contributed by atoms with Crippen molar-refractivity contribution in [3.63, 3.8) is 0 Å². The Morgan fingerprint density at radius 2 is 1.53 bits per heavy atom. The zero-order valence-electron chi connectivity index (χ0n) is 37.8. The second-order valence-electron chi connectivity index (χ2n) is 19.4. The van der Waals surface area contributed by atoms with Gasteiger partial charge in [-0.05, 0) is 89.2 Å². The first-order chi connectivity index (χ1) is 31.9. The average molecular weight is 891 g/mol. The predicted molar refractivity (Wildman–Crippen MR) is 256 cm³/mol. The van der Waals surface area contributed by atoms with Crippen molar-refractivity contribution in [3.8, 4) is 11.1 Å². The lowest BCUT2D eigenvalue weighted by molar-refractivity contribution is -0.141. The lowest BCUT2D eigenvalue weighted by Crippen LogP contribution is -2.70. The highest BCUT2D eigenvalue weighted by molar-refractivity contribution is 6.07. The van der Waals surface area contributed by atoms with E-state index in [1.807, 2.05) is 60.0 Å². The summed E-state index contributed by atoms with van der Waals surface area (Å²) < 4.78 is 5.78. The number of carbonyl (C=O) groups excluding carboxylic acids is 3. The van der Waals surface area contributed by atoms with Gasteiger partial charge in [-0.3, -0.25) is 14.4 Å². The predicted octanol–water partition coefficient (Wildman–Crippen LogP) is 8.12. The molecule has 0 radical (unpaired) electrons. The van der Waals surface area contributed by atoms with Crippen LogP contribution in [0.25, 0.3) is 43.7 Å². The van der Waals surface area contributed by atoms with E-state index in [9.17, 15) is 19.5 Å². The standard InChI is InChI=1S/C52H58N8O6/c1-29(2)44(56-51(64)65)49(62)59-25-30(3)21-42(59)52(43-22-31(27-66-4)26-60(43)50(63)45(32-9-6-5-7-10-32)55-48(61)33-11-8-12-33)57-41-20-16-37-24-35(14-18-39(37)47(41)58-52)34-13-17-38-36(23-34)15-19-40-46(38)54-28-53-40/h5-7,9-10,13-20,23-24,28-31,33,42-45,56-58H,8,11-12,21-22,25-27H2,1-4H3,(H,53,54)(H,55,61)(H,64,65)/t30-,31-,42-,43-,44-,45+,52?/m0/s1. The molecule has 1 saturated carbocycles. The molecular formula is C52H58N8O6. The number of ether oxygens (including phenoxy) is 1. The van der Waals surface area contributed by atoms with Gasteiger partial charge in [-0.2, -0.15) is 0 Å². The van der Waals surface area contributed by atoms with Gasteiger partial charge in [0, 0.05) is 42.8 Å². The van der Waals surface area contributed by atoms with Gasteiger partial charge in [0.1, 0.15) is 17.7 Å². The molecule has 10 rings (SSSR count). The number of H-pyrrole nitrogens is 1. The van der Waals surface area contributed by atoms with E-state index in [-0.39, 0.29) is 41.4 Å². The number of carbonyl (C=O) groups is 4. The minimum atomic E-state index is -1.26. The molecule has 0 spiro atoms. The van der Waals surface area contributed by atoms with E-state index < -0.39 is 35.9 Å². The zero-order valence-corrected chi connectivity index (χ0v) is 37.8. The summed E-state index contributed by atoms with van der Waals surface area (Å²) in [6.45, 7) is 6.98. The zero-order chi connectivity index (χ0) is 45.9. The van der Waals surface area contributed by atoms with Crippen LogP contribution in [0.2, 0.25) is 0 Å². The first-order valence-electron chi connectivity index (χ1n) is 23.4. The van der Waals surface area contributed by atoms with Crippen molar-refractivity contribution in [2.45, 2.75) is 82.7 Å². The molecule has 7 atom stereocenters. The molecule has 1 aliphatic carbocycles. The lowest BCUT2D eigenvalue weighted by Gasteiger charge is -2.48. The van der Waals surface area contributed by atoms with Gasteiger partial charge in [0.05, 0.1) is 47.4 Å². The number of nitrogens with one attached hydrogen (secondary N) is 5. The van der Waals surface area contributed by atoms with E-state index in [2.05, 4.69) is 92.8 Å². The number of rotatable bonds is 12. The number of nitrogens with zero attached hydrogens (tertiary/aromatic N) is 3. The Morgan fingerprint density at radius 3 is 2.23 bits per heavy atom. The number of hydrogen-bond donors (Lipinski definition) is 6. The van der Waals surface area contributed by atoms with Crippen LogP contribution in [0.4, 0.5) is 16.2 Å². The minimum absolute atomic E-state index is 0.0578. The Morgan fingerprint density at radius 1 is 0.833 bits per heavy atom. The first kappa shape index (κ1) is 43.2. The molecule has 5 aromatic carbocycles. The van der Waals surface area contributed by atoms with Crippen LogP contribution in [-0.4, -0.2) is 99.3 Å². The van der Waals surface area contributed by atoms with Gasteiger partial charge in [0.25, 0.3) is 0 Å². The number of carboxylic acid groups (broad SMARTS) is 1. The average Bonchev–Trinajstić information content (AvgIpc) is 4.12.